The number of nitrogens with zero attached hydrogens (tertiary/aromatic N) is 1. The third kappa shape index (κ3) is 6.48. The number of hydrogen-bond donors (Lipinski definition) is 6. The largest absolute Gasteiger partial charge is 0.437 e. The molecule has 298 valence electrons. The van der Waals surface area contributed by atoms with Crippen molar-refractivity contribution in [2.24, 2.45) is 33.9 Å². The van der Waals surface area contributed by atoms with Crippen molar-refractivity contribution in [3.8, 4) is 35.4 Å². The van der Waals surface area contributed by atoms with E-state index in [1.807, 2.05) is 55.6 Å². The number of aliphatic hydroxyl groups excluding tert-OH is 3. The SMILES string of the molecule is CC1C=CC(C(O)CC(=O)CCc2ccc3c(c2)OC2C(C#CC(O)c4ccc5c6c4C(C=CC6CNC5N)C4=CN=C5C[NH+]2C=C45)C2(C#CO3)CCCC2)C(O)C1. The van der Waals surface area contributed by atoms with Crippen molar-refractivity contribution in [2.75, 3.05) is 13.1 Å². The average molecular weight is 780 g/mol. The van der Waals surface area contributed by atoms with Crippen molar-refractivity contribution in [1.82, 2.24) is 5.32 Å². The first-order valence-electron chi connectivity index (χ1n) is 21.1. The van der Waals surface area contributed by atoms with Crippen LogP contribution < -0.4 is 25.4 Å². The van der Waals surface area contributed by atoms with Crippen LogP contribution in [0.1, 0.15) is 104 Å². The van der Waals surface area contributed by atoms with Crippen molar-refractivity contribution in [3.63, 3.8) is 0 Å². The number of allylic oxidation sites excluding steroid dienone is 3. The number of nitrogens with two attached hydrogens (primary N) is 1. The third-order valence-corrected chi connectivity index (χ3v) is 13.9. The second-order valence-electron chi connectivity index (χ2n) is 17.6. The van der Waals surface area contributed by atoms with Gasteiger partial charge in [-0.2, -0.15) is 0 Å². The lowest BCUT2D eigenvalue weighted by molar-refractivity contribution is -0.888. The Hall–Kier alpha value is -4.78. The fourth-order valence-corrected chi connectivity index (χ4v) is 10.8. The topological polar surface area (TPSA) is 151 Å². The monoisotopic (exact) mass is 779 g/mol. The van der Waals surface area contributed by atoms with Gasteiger partial charge in [-0.25, -0.2) is 0 Å². The van der Waals surface area contributed by atoms with Crippen LogP contribution in [0.5, 0.6) is 11.5 Å². The number of benzene rings is 2. The van der Waals surface area contributed by atoms with Crippen LogP contribution in [-0.2, 0) is 11.2 Å². The van der Waals surface area contributed by atoms with Crippen LogP contribution in [0.3, 0.4) is 0 Å². The molecule has 5 aliphatic heterocycles. The van der Waals surface area contributed by atoms with Crippen LogP contribution in [0.4, 0.5) is 0 Å². The number of aliphatic imine (C=N–C) groups is 1. The highest BCUT2D eigenvalue weighted by molar-refractivity contribution is 6.08. The Labute approximate surface area is 339 Å². The number of rotatable bonds is 6. The first-order chi connectivity index (χ1) is 28.2. The summed E-state index contributed by atoms with van der Waals surface area (Å²) in [7, 11) is 0. The third-order valence-electron chi connectivity index (χ3n) is 13.9. The number of aliphatic hydroxyl groups is 3. The van der Waals surface area contributed by atoms with E-state index in [1.165, 1.54) is 5.56 Å². The summed E-state index contributed by atoms with van der Waals surface area (Å²) in [6.45, 7) is 3.36. The molecule has 0 saturated heterocycles. The fourth-order valence-electron chi connectivity index (χ4n) is 10.8. The zero-order chi connectivity index (χ0) is 39.7. The van der Waals surface area contributed by atoms with E-state index >= 15 is 0 Å². The van der Waals surface area contributed by atoms with E-state index < -0.39 is 41.8 Å². The summed E-state index contributed by atoms with van der Waals surface area (Å²) in [5, 5.41) is 37.0. The summed E-state index contributed by atoms with van der Waals surface area (Å²) in [5.74, 6) is 10.9. The van der Waals surface area contributed by atoms with Crippen LogP contribution in [0, 0.1) is 47.0 Å². The second-order valence-corrected chi connectivity index (χ2v) is 17.6. The quantitative estimate of drug-likeness (QED) is 0.191. The number of quaternary nitrogens is 1. The van der Waals surface area contributed by atoms with Crippen LogP contribution in [-0.4, -0.2) is 58.3 Å². The smallest absolute Gasteiger partial charge is 0.252 e. The molecular formula is C48H51N4O6+. The summed E-state index contributed by atoms with van der Waals surface area (Å²) in [6, 6.07) is 9.78. The molecule has 2 aromatic carbocycles. The zero-order valence-corrected chi connectivity index (χ0v) is 32.8. The summed E-state index contributed by atoms with van der Waals surface area (Å²) in [5.41, 5.74) is 14.3. The van der Waals surface area contributed by atoms with Crippen molar-refractivity contribution in [3.05, 3.63) is 106 Å². The molecule has 2 bridgehead atoms. The van der Waals surface area contributed by atoms with Gasteiger partial charge < -0.3 is 30.5 Å². The molecule has 1 spiro atoms. The lowest BCUT2D eigenvalue weighted by atomic mass is 9.71. The Morgan fingerprint density at radius 2 is 1.91 bits per heavy atom. The predicted octanol–water partition coefficient (Wildman–Crippen LogP) is 3.92. The van der Waals surface area contributed by atoms with E-state index in [9.17, 15) is 20.1 Å². The molecule has 8 aliphatic rings. The van der Waals surface area contributed by atoms with E-state index in [2.05, 4.69) is 47.5 Å². The highest BCUT2D eigenvalue weighted by atomic mass is 16.5. The fraction of sp³-hybridized carbons (Fsp3) is 0.458. The van der Waals surface area contributed by atoms with Gasteiger partial charge in [0.2, 0.25) is 0 Å². The number of fused-ring (bicyclic) bond motifs is 6. The van der Waals surface area contributed by atoms with Gasteiger partial charge in [-0.3, -0.25) is 20.0 Å². The minimum atomic E-state index is -1.05. The summed E-state index contributed by atoms with van der Waals surface area (Å²) in [4.78, 5) is 19.2. The number of ether oxygens (including phenoxy) is 2. The van der Waals surface area contributed by atoms with Crippen LogP contribution in [0.2, 0.25) is 0 Å². The van der Waals surface area contributed by atoms with Crippen molar-refractivity contribution >= 4 is 11.5 Å². The standard InChI is InChI=1S/C48H50N4O6/c1-27-4-9-32(40(55)20-27)41(56)22-30(53)8-5-28-6-15-42-43(21-28)58-47-37(48(18-19-57-42)16-2-3-17-48)13-14-39(54)33-11-12-34-44-29(23-51-46(34)49)7-10-31(45(33)44)35-24-50-38-26-52(47)25-36(35)38/h4,6-7,9-12,15,21,24-25,27,29,31-32,37,39-41,46-47,51,54-56H,2-3,5,8,16-17,20,22-23,26,49H2,1H3/p+1. The van der Waals surface area contributed by atoms with Crippen molar-refractivity contribution in [2.45, 2.75) is 101 Å². The second kappa shape index (κ2) is 14.8. The van der Waals surface area contributed by atoms with Gasteiger partial charge in [0.15, 0.2) is 11.5 Å². The summed E-state index contributed by atoms with van der Waals surface area (Å²) in [6.07, 6.45) is 17.2. The lowest BCUT2D eigenvalue weighted by Gasteiger charge is -2.38. The van der Waals surface area contributed by atoms with Crippen molar-refractivity contribution in [1.29, 1.82) is 0 Å². The van der Waals surface area contributed by atoms with Gasteiger partial charge in [0.25, 0.3) is 6.23 Å². The van der Waals surface area contributed by atoms with Gasteiger partial charge in [0, 0.05) is 43.3 Å². The molecule has 58 heavy (non-hydrogen) atoms. The molecular weight excluding hydrogens is 729 g/mol. The molecule has 7 N–H and O–H groups in total. The average Bonchev–Trinajstić information content (AvgIpc) is 3.96. The van der Waals surface area contributed by atoms with Gasteiger partial charge in [-0.05, 0) is 77.1 Å². The summed E-state index contributed by atoms with van der Waals surface area (Å²) < 4.78 is 13.3. The molecule has 10 nitrogen and oxygen atoms in total. The van der Waals surface area contributed by atoms with Crippen molar-refractivity contribution < 1.29 is 34.5 Å². The van der Waals surface area contributed by atoms with Crippen LogP contribution in [0.15, 0.2) is 83.2 Å². The molecule has 5 heterocycles. The number of aryl methyl sites for hydroxylation is 1. The first-order valence-corrected chi connectivity index (χ1v) is 21.1. The molecule has 10 heteroatoms. The lowest BCUT2D eigenvalue weighted by Crippen LogP contribution is -3.13. The maximum Gasteiger partial charge on any atom is 0.252 e. The van der Waals surface area contributed by atoms with Gasteiger partial charge in [0.1, 0.15) is 42.4 Å². The van der Waals surface area contributed by atoms with E-state index in [0.29, 0.717) is 30.9 Å². The molecule has 11 atom stereocenters. The maximum absolute atomic E-state index is 13.2. The van der Waals surface area contributed by atoms with E-state index in [1.54, 1.807) is 0 Å². The number of Topliss-reactive ketones (excluding diaryl/α,β-unsaturated/α-hetero) is 1. The van der Waals surface area contributed by atoms with Crippen LogP contribution in [0.25, 0.3) is 0 Å². The van der Waals surface area contributed by atoms with Gasteiger partial charge >= 0.3 is 0 Å². The van der Waals surface area contributed by atoms with E-state index in [-0.39, 0.29) is 42.5 Å². The molecule has 0 aromatic heterocycles. The molecule has 0 radical (unpaired) electrons. The number of hydrogen-bond acceptors (Lipinski definition) is 9. The number of carbonyl (C=O) groups excluding carboxylic acids is 1. The van der Waals surface area contributed by atoms with E-state index in [4.69, 9.17) is 20.2 Å². The van der Waals surface area contributed by atoms with Crippen LogP contribution >= 0.6 is 0 Å². The minimum Gasteiger partial charge on any atom is -0.437 e. The predicted molar refractivity (Wildman–Crippen MR) is 218 cm³/mol. The first kappa shape index (κ1) is 37.5. The Bertz CT molecular complexity index is 2330. The number of ketones is 1. The highest BCUT2D eigenvalue weighted by Crippen LogP contribution is 2.50. The Kier molecular flexibility index (Phi) is 9.56. The van der Waals surface area contributed by atoms with E-state index in [0.717, 1.165) is 76.2 Å². The number of nitrogens with one attached hydrogen (secondary N) is 2. The molecule has 10 rings (SSSR count). The Morgan fingerprint density at radius 1 is 1.07 bits per heavy atom. The van der Waals surface area contributed by atoms with Gasteiger partial charge in [-0.1, -0.05) is 80.0 Å². The Balaban J connectivity index is 1.00. The zero-order valence-electron chi connectivity index (χ0n) is 32.8. The molecule has 1 saturated carbocycles. The molecule has 3 aliphatic carbocycles. The minimum absolute atomic E-state index is 0.0147. The molecule has 0 amide bonds. The molecule has 1 fully saturated rings. The number of carbonyl (C=O) groups is 1. The van der Waals surface area contributed by atoms with Gasteiger partial charge in [0.05, 0.1) is 29.4 Å². The molecule has 2 aromatic rings. The molecule has 11 unspecified atom stereocenters. The normalized spacial score (nSPS) is 33.5. The highest BCUT2D eigenvalue weighted by Gasteiger charge is 2.52. The van der Waals surface area contributed by atoms with Gasteiger partial charge in [-0.15, -0.1) is 0 Å². The maximum atomic E-state index is 13.2. The summed E-state index contributed by atoms with van der Waals surface area (Å²) >= 11 is 0. The Morgan fingerprint density at radius 3 is 2.76 bits per heavy atom.